The van der Waals surface area contributed by atoms with Crippen LogP contribution in [0.15, 0.2) is 6.07 Å². The van der Waals surface area contributed by atoms with Crippen LogP contribution in [0, 0.1) is 5.92 Å². The molecule has 0 saturated carbocycles. The zero-order valence-corrected chi connectivity index (χ0v) is 11.6. The van der Waals surface area contributed by atoms with Crippen molar-refractivity contribution in [3.63, 3.8) is 0 Å². The summed E-state index contributed by atoms with van der Waals surface area (Å²) in [5.74, 6) is 0.471. The zero-order valence-electron chi connectivity index (χ0n) is 10.1. The molecule has 1 aliphatic heterocycles. The molecule has 1 fully saturated rings. The first-order valence-electron chi connectivity index (χ1n) is 6.15. The van der Waals surface area contributed by atoms with Gasteiger partial charge < -0.3 is 15.6 Å². The van der Waals surface area contributed by atoms with Gasteiger partial charge in [-0.1, -0.05) is 23.2 Å². The Balaban J connectivity index is 2.04. The van der Waals surface area contributed by atoms with E-state index < -0.39 is 0 Å². The number of aromatic nitrogens is 1. The Morgan fingerprint density at radius 2 is 2.33 bits per heavy atom. The molecular formula is C12H17Cl2N3O. The van der Waals surface area contributed by atoms with E-state index in [2.05, 4.69) is 4.98 Å². The molecule has 1 unspecified atom stereocenters. The van der Waals surface area contributed by atoms with Gasteiger partial charge >= 0.3 is 0 Å². The third kappa shape index (κ3) is 2.99. The summed E-state index contributed by atoms with van der Waals surface area (Å²) in [5.41, 5.74) is 6.03. The van der Waals surface area contributed by atoms with Crippen LogP contribution >= 0.6 is 23.2 Å². The topological polar surface area (TPSA) is 62.1 Å². The number of halogens is 2. The standard InChI is InChI=1S/C12H17Cl2N3O/c13-9-6-10(16-11(9)14)12(18)17-5-1-2-8(7-17)3-4-15/h6,8,16H,1-5,7,15H2. The number of nitrogens with two attached hydrogens (primary N) is 1. The normalized spacial score (nSPS) is 20.2. The lowest BCUT2D eigenvalue weighted by molar-refractivity contribution is 0.0664. The van der Waals surface area contributed by atoms with E-state index in [1.807, 2.05) is 4.90 Å². The molecule has 18 heavy (non-hydrogen) atoms. The second-order valence-corrected chi connectivity index (χ2v) is 5.47. The van der Waals surface area contributed by atoms with E-state index in [-0.39, 0.29) is 5.91 Å². The van der Waals surface area contributed by atoms with Crippen LogP contribution in [0.1, 0.15) is 29.8 Å². The molecule has 0 bridgehead atoms. The number of nitrogens with one attached hydrogen (secondary N) is 1. The molecular weight excluding hydrogens is 273 g/mol. The molecule has 1 amide bonds. The first-order chi connectivity index (χ1) is 8.61. The first-order valence-corrected chi connectivity index (χ1v) is 6.90. The number of nitrogens with zero attached hydrogens (tertiary/aromatic N) is 1. The molecule has 0 radical (unpaired) electrons. The number of amides is 1. The third-order valence-corrected chi connectivity index (χ3v) is 4.03. The van der Waals surface area contributed by atoms with Crippen molar-refractivity contribution in [1.29, 1.82) is 0 Å². The molecule has 1 aliphatic rings. The van der Waals surface area contributed by atoms with Crippen molar-refractivity contribution in [2.75, 3.05) is 19.6 Å². The Morgan fingerprint density at radius 1 is 1.56 bits per heavy atom. The van der Waals surface area contributed by atoms with Gasteiger partial charge in [-0.3, -0.25) is 4.79 Å². The summed E-state index contributed by atoms with van der Waals surface area (Å²) in [6.07, 6.45) is 3.14. The molecule has 1 saturated heterocycles. The summed E-state index contributed by atoms with van der Waals surface area (Å²) in [6.45, 7) is 2.23. The highest BCUT2D eigenvalue weighted by Crippen LogP contribution is 2.25. The van der Waals surface area contributed by atoms with Crippen LogP contribution in [0.25, 0.3) is 0 Å². The van der Waals surface area contributed by atoms with Crippen molar-refractivity contribution in [3.8, 4) is 0 Å². The van der Waals surface area contributed by atoms with Gasteiger partial charge in [0.25, 0.3) is 5.91 Å². The molecule has 100 valence electrons. The fourth-order valence-electron chi connectivity index (χ4n) is 2.41. The number of aromatic amines is 1. The fourth-order valence-corrected chi connectivity index (χ4v) is 2.72. The monoisotopic (exact) mass is 289 g/mol. The second-order valence-electron chi connectivity index (χ2n) is 4.68. The molecule has 0 aromatic carbocycles. The summed E-state index contributed by atoms with van der Waals surface area (Å²) >= 11 is 11.7. The van der Waals surface area contributed by atoms with Crippen LogP contribution in [0.2, 0.25) is 10.2 Å². The lowest BCUT2D eigenvalue weighted by atomic mass is 9.95. The lowest BCUT2D eigenvalue weighted by Gasteiger charge is -2.32. The van der Waals surface area contributed by atoms with E-state index in [4.69, 9.17) is 28.9 Å². The van der Waals surface area contributed by atoms with Crippen molar-refractivity contribution >= 4 is 29.1 Å². The number of rotatable bonds is 3. The summed E-state index contributed by atoms with van der Waals surface area (Å²) in [5, 5.41) is 0.700. The van der Waals surface area contributed by atoms with Gasteiger partial charge in [0.2, 0.25) is 0 Å². The molecule has 1 atom stereocenters. The number of hydrogen-bond acceptors (Lipinski definition) is 2. The third-order valence-electron chi connectivity index (χ3n) is 3.34. The van der Waals surface area contributed by atoms with Crippen LogP contribution in [0.4, 0.5) is 0 Å². The highest BCUT2D eigenvalue weighted by atomic mass is 35.5. The Hall–Kier alpha value is -0.710. The Labute approximate surface area is 116 Å². The van der Waals surface area contributed by atoms with E-state index in [1.54, 1.807) is 6.07 Å². The van der Waals surface area contributed by atoms with E-state index in [0.717, 1.165) is 32.4 Å². The smallest absolute Gasteiger partial charge is 0.270 e. The molecule has 0 aliphatic carbocycles. The molecule has 2 heterocycles. The van der Waals surface area contributed by atoms with E-state index in [9.17, 15) is 4.79 Å². The van der Waals surface area contributed by atoms with Crippen molar-refractivity contribution in [3.05, 3.63) is 21.9 Å². The number of carbonyl (C=O) groups is 1. The average molecular weight is 290 g/mol. The van der Waals surface area contributed by atoms with Crippen LogP contribution in [0.3, 0.4) is 0 Å². The number of H-pyrrole nitrogens is 1. The maximum atomic E-state index is 12.3. The molecule has 1 aromatic rings. The molecule has 0 spiro atoms. The van der Waals surface area contributed by atoms with Gasteiger partial charge in [0, 0.05) is 13.1 Å². The first kappa shape index (κ1) is 13.7. The minimum atomic E-state index is -0.0366. The predicted molar refractivity (Wildman–Crippen MR) is 73.1 cm³/mol. The summed E-state index contributed by atoms with van der Waals surface area (Å²) in [7, 11) is 0. The zero-order chi connectivity index (χ0) is 13.1. The van der Waals surface area contributed by atoms with Gasteiger partial charge in [0.15, 0.2) is 0 Å². The lowest BCUT2D eigenvalue weighted by Crippen LogP contribution is -2.40. The van der Waals surface area contributed by atoms with Crippen molar-refractivity contribution in [2.45, 2.75) is 19.3 Å². The number of likely N-dealkylation sites (tertiary alicyclic amines) is 1. The Bertz CT molecular complexity index is 411. The fraction of sp³-hybridized carbons (Fsp3) is 0.583. The van der Waals surface area contributed by atoms with Gasteiger partial charge in [-0.05, 0) is 37.8 Å². The van der Waals surface area contributed by atoms with Gasteiger partial charge in [-0.15, -0.1) is 0 Å². The average Bonchev–Trinajstić information content (AvgIpc) is 2.69. The number of carbonyl (C=O) groups excluding carboxylic acids is 1. The minimum absolute atomic E-state index is 0.0366. The van der Waals surface area contributed by atoms with Crippen LogP contribution in [-0.2, 0) is 0 Å². The van der Waals surface area contributed by atoms with Gasteiger partial charge in [-0.25, -0.2) is 0 Å². The summed E-state index contributed by atoms with van der Waals surface area (Å²) in [6, 6.07) is 1.58. The molecule has 2 rings (SSSR count). The number of piperidine rings is 1. The van der Waals surface area contributed by atoms with Crippen LogP contribution in [-0.4, -0.2) is 35.4 Å². The Morgan fingerprint density at radius 3 is 2.94 bits per heavy atom. The number of hydrogen-bond donors (Lipinski definition) is 2. The quantitative estimate of drug-likeness (QED) is 0.898. The largest absolute Gasteiger partial charge is 0.340 e. The van der Waals surface area contributed by atoms with Gasteiger partial charge in [0.05, 0.1) is 5.02 Å². The van der Waals surface area contributed by atoms with Gasteiger partial charge in [0.1, 0.15) is 10.8 Å². The summed E-state index contributed by atoms with van der Waals surface area (Å²) < 4.78 is 0. The van der Waals surface area contributed by atoms with Crippen molar-refractivity contribution in [2.24, 2.45) is 11.7 Å². The van der Waals surface area contributed by atoms with E-state index in [1.165, 1.54) is 0 Å². The highest BCUT2D eigenvalue weighted by Gasteiger charge is 2.25. The van der Waals surface area contributed by atoms with Gasteiger partial charge in [-0.2, -0.15) is 0 Å². The highest BCUT2D eigenvalue weighted by molar-refractivity contribution is 6.41. The maximum Gasteiger partial charge on any atom is 0.270 e. The summed E-state index contributed by atoms with van der Waals surface area (Å²) in [4.78, 5) is 16.9. The molecule has 6 heteroatoms. The van der Waals surface area contributed by atoms with Crippen LogP contribution < -0.4 is 5.73 Å². The minimum Gasteiger partial charge on any atom is -0.340 e. The predicted octanol–water partition coefficient (Wildman–Crippen LogP) is 2.52. The Kier molecular flexibility index (Phi) is 4.54. The molecule has 4 nitrogen and oxygen atoms in total. The maximum absolute atomic E-state index is 12.3. The second kappa shape index (κ2) is 5.95. The SMILES string of the molecule is NCCC1CCCN(C(=O)c2cc(Cl)c(Cl)[nH]2)C1. The van der Waals surface area contributed by atoms with Crippen LogP contribution in [0.5, 0.6) is 0 Å². The van der Waals surface area contributed by atoms with Crippen molar-refractivity contribution in [1.82, 2.24) is 9.88 Å². The molecule has 1 aromatic heterocycles. The van der Waals surface area contributed by atoms with Crippen molar-refractivity contribution < 1.29 is 4.79 Å². The molecule has 3 N–H and O–H groups in total. The van der Waals surface area contributed by atoms with E-state index >= 15 is 0 Å². The van der Waals surface area contributed by atoms with E-state index in [0.29, 0.717) is 28.3 Å².